The number of nitrogens with one attached hydrogen (secondary N) is 1. The van der Waals surface area contributed by atoms with E-state index in [0.29, 0.717) is 5.56 Å². The van der Waals surface area contributed by atoms with E-state index in [1.54, 1.807) is 28.8 Å². The maximum atomic E-state index is 12.9. The van der Waals surface area contributed by atoms with Crippen LogP contribution in [0.1, 0.15) is 23.2 Å². The van der Waals surface area contributed by atoms with Crippen LogP contribution in [-0.2, 0) is 24.2 Å². The molecule has 0 radical (unpaired) electrons. The lowest BCUT2D eigenvalue weighted by Crippen LogP contribution is -2.53. The second-order valence-electron chi connectivity index (χ2n) is 7.03. The number of aromatic nitrogens is 3. The molecule has 1 saturated heterocycles. The Morgan fingerprint density at radius 3 is 2.29 bits per heavy atom. The molecule has 12 heteroatoms. The summed E-state index contributed by atoms with van der Waals surface area (Å²) >= 11 is 0. The highest BCUT2D eigenvalue weighted by Gasteiger charge is 2.31. The van der Waals surface area contributed by atoms with E-state index >= 15 is 0 Å². The molecule has 0 spiro atoms. The molecule has 1 N–H and O–H groups in total. The third kappa shape index (κ3) is 5.87. The Morgan fingerprint density at radius 1 is 1.10 bits per heavy atom. The number of esters is 1. The molecule has 3 rings (SSSR count). The van der Waals surface area contributed by atoms with E-state index in [1.807, 2.05) is 0 Å². The highest BCUT2D eigenvalue weighted by atomic mass is 32.2. The Morgan fingerprint density at radius 2 is 1.71 bits per heavy atom. The van der Waals surface area contributed by atoms with Gasteiger partial charge in [0, 0.05) is 30.8 Å². The summed E-state index contributed by atoms with van der Waals surface area (Å²) in [5.74, 6) is -1.66. The lowest BCUT2D eigenvalue weighted by atomic mass is 10.1. The van der Waals surface area contributed by atoms with Crippen molar-refractivity contribution in [1.29, 1.82) is 0 Å². The minimum Gasteiger partial charge on any atom is -0.469 e. The topological polar surface area (TPSA) is 141 Å². The summed E-state index contributed by atoms with van der Waals surface area (Å²) in [6, 6.07) is 5.63. The van der Waals surface area contributed by atoms with Gasteiger partial charge in [-0.1, -0.05) is 0 Å². The zero-order valence-corrected chi connectivity index (χ0v) is 17.7. The molecular weight excluding hydrogens is 426 g/mol. The van der Waals surface area contributed by atoms with Crippen molar-refractivity contribution in [2.75, 3.05) is 31.7 Å². The van der Waals surface area contributed by atoms with Gasteiger partial charge in [-0.15, -0.1) is 10.2 Å². The predicted molar refractivity (Wildman–Crippen MR) is 109 cm³/mol. The van der Waals surface area contributed by atoms with Crippen LogP contribution in [0.4, 0.5) is 0 Å². The van der Waals surface area contributed by atoms with Gasteiger partial charge in [-0.2, -0.15) is 0 Å². The number of carbonyl (C=O) groups is 3. The number of rotatable bonds is 7. The van der Waals surface area contributed by atoms with E-state index in [4.69, 9.17) is 0 Å². The first-order valence-electron chi connectivity index (χ1n) is 9.61. The summed E-state index contributed by atoms with van der Waals surface area (Å²) in [5, 5.41) is 10.1. The SMILES string of the molecule is COC(=O)CC[C@H](NC(=O)c1ccc(-n2cnnc2)cc1)C(=O)N1CCS(=O)(=O)CC1. The Labute approximate surface area is 179 Å². The normalized spacial score (nSPS) is 16.4. The van der Waals surface area contributed by atoms with Crippen LogP contribution in [0, 0.1) is 0 Å². The van der Waals surface area contributed by atoms with Crippen molar-refractivity contribution in [3.8, 4) is 5.69 Å². The van der Waals surface area contributed by atoms with Gasteiger partial charge in [0.2, 0.25) is 5.91 Å². The molecular formula is C19H23N5O6S. The number of amides is 2. The smallest absolute Gasteiger partial charge is 0.305 e. The molecule has 0 saturated carbocycles. The van der Waals surface area contributed by atoms with Gasteiger partial charge in [0.15, 0.2) is 9.84 Å². The number of carbonyl (C=O) groups excluding carboxylic acids is 3. The maximum absolute atomic E-state index is 12.9. The van der Waals surface area contributed by atoms with Gasteiger partial charge in [0.05, 0.1) is 18.6 Å². The quantitative estimate of drug-likeness (QED) is 0.562. The van der Waals surface area contributed by atoms with Crippen LogP contribution in [0.5, 0.6) is 0 Å². The van der Waals surface area contributed by atoms with Crippen LogP contribution in [0.25, 0.3) is 5.69 Å². The fourth-order valence-electron chi connectivity index (χ4n) is 3.14. The molecule has 166 valence electrons. The summed E-state index contributed by atoms with van der Waals surface area (Å²) < 4.78 is 29.6. The Hall–Kier alpha value is -3.28. The average molecular weight is 449 g/mol. The molecule has 1 aromatic carbocycles. The molecule has 0 bridgehead atoms. The molecule has 1 fully saturated rings. The molecule has 11 nitrogen and oxygen atoms in total. The first-order chi connectivity index (χ1) is 14.8. The van der Waals surface area contributed by atoms with Crippen LogP contribution < -0.4 is 5.32 Å². The second kappa shape index (κ2) is 9.69. The van der Waals surface area contributed by atoms with Gasteiger partial charge in [-0.3, -0.25) is 19.0 Å². The van der Waals surface area contributed by atoms with Crippen LogP contribution in [-0.4, -0.2) is 83.6 Å². The molecule has 31 heavy (non-hydrogen) atoms. The predicted octanol–water partition coefficient (Wildman–Crippen LogP) is -0.424. The average Bonchev–Trinajstić information content (AvgIpc) is 3.31. The molecule has 0 aliphatic carbocycles. The van der Waals surface area contributed by atoms with Crippen LogP contribution >= 0.6 is 0 Å². The fourth-order valence-corrected chi connectivity index (χ4v) is 4.34. The summed E-state index contributed by atoms with van der Waals surface area (Å²) in [4.78, 5) is 38.6. The van der Waals surface area contributed by atoms with Crippen LogP contribution in [0.2, 0.25) is 0 Å². The number of nitrogens with zero attached hydrogens (tertiary/aromatic N) is 4. The Kier molecular flexibility index (Phi) is 7.00. The minimum absolute atomic E-state index is 0.0410. The van der Waals surface area contributed by atoms with Gasteiger partial charge >= 0.3 is 5.97 Å². The van der Waals surface area contributed by atoms with Gasteiger partial charge in [0.1, 0.15) is 18.7 Å². The third-order valence-corrected chi connectivity index (χ3v) is 6.58. The van der Waals surface area contributed by atoms with Crippen molar-refractivity contribution in [1.82, 2.24) is 25.0 Å². The van der Waals surface area contributed by atoms with Crippen LogP contribution in [0.15, 0.2) is 36.9 Å². The maximum Gasteiger partial charge on any atom is 0.305 e. The monoisotopic (exact) mass is 449 g/mol. The van der Waals surface area contributed by atoms with E-state index < -0.39 is 33.7 Å². The van der Waals surface area contributed by atoms with Crippen molar-refractivity contribution < 1.29 is 27.5 Å². The van der Waals surface area contributed by atoms with Crippen molar-refractivity contribution in [2.45, 2.75) is 18.9 Å². The molecule has 2 aromatic rings. The highest BCUT2D eigenvalue weighted by Crippen LogP contribution is 2.12. The number of hydrogen-bond acceptors (Lipinski definition) is 8. The molecule has 1 aliphatic heterocycles. The summed E-state index contributed by atoms with van der Waals surface area (Å²) in [5.41, 5.74) is 1.09. The molecule has 2 amide bonds. The number of methoxy groups -OCH3 is 1. The van der Waals surface area contributed by atoms with Crippen molar-refractivity contribution in [2.24, 2.45) is 0 Å². The summed E-state index contributed by atoms with van der Waals surface area (Å²) in [7, 11) is -1.92. The van der Waals surface area contributed by atoms with Crippen LogP contribution in [0.3, 0.4) is 0 Å². The summed E-state index contributed by atoms with van der Waals surface area (Å²) in [6.45, 7) is 0.110. The number of ether oxygens (including phenoxy) is 1. The molecule has 0 unspecified atom stereocenters. The van der Waals surface area contributed by atoms with E-state index in [-0.39, 0.29) is 37.4 Å². The lowest BCUT2D eigenvalue weighted by molar-refractivity contribution is -0.141. The van der Waals surface area contributed by atoms with E-state index in [2.05, 4.69) is 20.3 Å². The zero-order valence-electron chi connectivity index (χ0n) is 16.9. The van der Waals surface area contributed by atoms with Crippen molar-refractivity contribution in [3.05, 3.63) is 42.5 Å². The summed E-state index contributed by atoms with van der Waals surface area (Å²) in [6.07, 6.45) is 3.02. The molecule has 2 heterocycles. The highest BCUT2D eigenvalue weighted by molar-refractivity contribution is 7.91. The fraction of sp³-hybridized carbons (Fsp3) is 0.421. The first-order valence-corrected chi connectivity index (χ1v) is 11.4. The second-order valence-corrected chi connectivity index (χ2v) is 9.34. The Bertz CT molecular complexity index is 1020. The first kappa shape index (κ1) is 22.4. The van der Waals surface area contributed by atoms with E-state index in [0.717, 1.165) is 5.69 Å². The van der Waals surface area contributed by atoms with Gasteiger partial charge in [0.25, 0.3) is 5.91 Å². The molecule has 1 aliphatic rings. The van der Waals surface area contributed by atoms with Crippen molar-refractivity contribution in [3.63, 3.8) is 0 Å². The Balaban J connectivity index is 1.70. The number of benzene rings is 1. The van der Waals surface area contributed by atoms with Gasteiger partial charge < -0.3 is 15.0 Å². The standard InChI is InChI=1S/C19H23N5O6S/c1-30-17(25)7-6-16(19(27)23-8-10-31(28,29)11-9-23)22-18(26)14-2-4-15(5-3-14)24-12-20-21-13-24/h2-5,12-13,16H,6-11H2,1H3,(H,22,26)/t16-/m0/s1. The lowest BCUT2D eigenvalue weighted by Gasteiger charge is -2.30. The molecule has 1 atom stereocenters. The van der Waals surface area contributed by atoms with E-state index in [9.17, 15) is 22.8 Å². The largest absolute Gasteiger partial charge is 0.469 e. The number of sulfone groups is 1. The molecule has 1 aromatic heterocycles. The zero-order chi connectivity index (χ0) is 22.4. The third-order valence-electron chi connectivity index (χ3n) is 4.97. The minimum atomic E-state index is -3.16. The van der Waals surface area contributed by atoms with E-state index in [1.165, 1.54) is 24.7 Å². The van der Waals surface area contributed by atoms with Crippen molar-refractivity contribution >= 4 is 27.6 Å². The van der Waals surface area contributed by atoms with Gasteiger partial charge in [-0.05, 0) is 30.7 Å². The number of hydrogen-bond donors (Lipinski definition) is 1. The van der Waals surface area contributed by atoms with Gasteiger partial charge in [-0.25, -0.2) is 8.42 Å².